The second kappa shape index (κ2) is 6.85. The Morgan fingerprint density at radius 3 is 2.43 bits per heavy atom. The van der Waals surface area contributed by atoms with Crippen molar-refractivity contribution in [3.05, 3.63) is 29.8 Å². The lowest BCUT2D eigenvalue weighted by molar-refractivity contribution is -0.127. The zero-order valence-electron chi connectivity index (χ0n) is 11.8. The highest BCUT2D eigenvalue weighted by molar-refractivity contribution is 5.86. The Balaban J connectivity index is 1.86. The van der Waals surface area contributed by atoms with Gasteiger partial charge in [-0.15, -0.1) is 0 Å². The van der Waals surface area contributed by atoms with E-state index in [0.717, 1.165) is 24.8 Å². The van der Waals surface area contributed by atoms with Crippen molar-refractivity contribution in [2.45, 2.75) is 50.8 Å². The van der Waals surface area contributed by atoms with Crippen LogP contribution in [0.1, 0.15) is 37.7 Å². The van der Waals surface area contributed by atoms with Gasteiger partial charge < -0.3 is 15.8 Å². The summed E-state index contributed by atoms with van der Waals surface area (Å²) < 4.78 is 28.3. The van der Waals surface area contributed by atoms with Crippen LogP contribution >= 0.6 is 0 Å². The van der Waals surface area contributed by atoms with Crippen LogP contribution in [0.25, 0.3) is 0 Å². The van der Waals surface area contributed by atoms with Gasteiger partial charge in [0.25, 0.3) is 0 Å². The highest BCUT2D eigenvalue weighted by Crippen LogP contribution is 2.26. The molecule has 1 aromatic rings. The van der Waals surface area contributed by atoms with Gasteiger partial charge >= 0.3 is 6.61 Å². The molecule has 6 heteroatoms. The van der Waals surface area contributed by atoms with E-state index in [1.54, 1.807) is 12.1 Å². The van der Waals surface area contributed by atoms with Crippen LogP contribution in [0.3, 0.4) is 0 Å². The van der Waals surface area contributed by atoms with Gasteiger partial charge in [-0.1, -0.05) is 31.4 Å². The predicted octanol–water partition coefficient (Wildman–Crippen LogP) is 2.57. The van der Waals surface area contributed by atoms with Crippen LogP contribution in [0.5, 0.6) is 5.75 Å². The highest BCUT2D eigenvalue weighted by atomic mass is 19.3. The minimum absolute atomic E-state index is 0.0997. The number of ether oxygens (including phenoxy) is 1. The Labute approximate surface area is 122 Å². The summed E-state index contributed by atoms with van der Waals surface area (Å²) in [5.41, 5.74) is 6.17. The van der Waals surface area contributed by atoms with E-state index in [1.807, 2.05) is 0 Å². The largest absolute Gasteiger partial charge is 0.435 e. The van der Waals surface area contributed by atoms with Gasteiger partial charge in [-0.3, -0.25) is 4.79 Å². The van der Waals surface area contributed by atoms with Crippen molar-refractivity contribution in [3.63, 3.8) is 0 Å². The van der Waals surface area contributed by atoms with Gasteiger partial charge in [0.2, 0.25) is 5.91 Å². The maximum absolute atomic E-state index is 12.1. The third-order valence-electron chi connectivity index (χ3n) is 3.80. The number of halogens is 2. The van der Waals surface area contributed by atoms with Crippen LogP contribution in [0.2, 0.25) is 0 Å². The predicted molar refractivity (Wildman–Crippen MR) is 74.9 cm³/mol. The molecule has 1 amide bonds. The molecule has 0 saturated heterocycles. The van der Waals surface area contributed by atoms with Gasteiger partial charge in [-0.05, 0) is 30.5 Å². The second-order valence-corrected chi connectivity index (χ2v) is 5.42. The molecule has 0 unspecified atom stereocenters. The first-order valence-electron chi connectivity index (χ1n) is 7.10. The van der Waals surface area contributed by atoms with Gasteiger partial charge in [0.15, 0.2) is 0 Å². The van der Waals surface area contributed by atoms with Crippen molar-refractivity contribution in [1.82, 2.24) is 5.32 Å². The molecule has 0 bridgehead atoms. The van der Waals surface area contributed by atoms with Crippen LogP contribution < -0.4 is 15.8 Å². The van der Waals surface area contributed by atoms with Gasteiger partial charge in [-0.2, -0.15) is 8.78 Å². The lowest BCUT2D eigenvalue weighted by Crippen LogP contribution is -2.54. The molecule has 116 valence electrons. The summed E-state index contributed by atoms with van der Waals surface area (Å²) in [6.07, 6.45) is 4.49. The van der Waals surface area contributed by atoms with E-state index >= 15 is 0 Å². The summed E-state index contributed by atoms with van der Waals surface area (Å²) in [5.74, 6) is -0.0437. The lowest BCUT2D eigenvalue weighted by Gasteiger charge is -2.31. The number of carbonyl (C=O) groups excluding carboxylic acids is 1. The van der Waals surface area contributed by atoms with E-state index in [1.165, 1.54) is 12.1 Å². The van der Waals surface area contributed by atoms with E-state index < -0.39 is 12.2 Å². The number of amides is 1. The van der Waals surface area contributed by atoms with Crippen molar-refractivity contribution in [2.75, 3.05) is 0 Å². The summed E-state index contributed by atoms with van der Waals surface area (Å²) in [6, 6.07) is 6.18. The number of hydrogen-bond acceptors (Lipinski definition) is 3. The Morgan fingerprint density at radius 1 is 1.24 bits per heavy atom. The third kappa shape index (κ3) is 4.39. The minimum atomic E-state index is -2.83. The molecule has 4 nitrogen and oxygen atoms in total. The zero-order chi connectivity index (χ0) is 15.3. The van der Waals surface area contributed by atoms with Gasteiger partial charge in [0.1, 0.15) is 5.75 Å². The lowest BCUT2D eigenvalue weighted by atomic mass is 9.82. The highest BCUT2D eigenvalue weighted by Gasteiger charge is 2.34. The van der Waals surface area contributed by atoms with Gasteiger partial charge in [-0.25, -0.2) is 0 Å². The molecule has 0 aliphatic heterocycles. The fourth-order valence-electron chi connectivity index (χ4n) is 2.56. The topological polar surface area (TPSA) is 64.4 Å². The molecular weight excluding hydrogens is 278 g/mol. The average Bonchev–Trinajstić information content (AvgIpc) is 2.46. The molecule has 21 heavy (non-hydrogen) atoms. The van der Waals surface area contributed by atoms with Gasteiger partial charge in [0, 0.05) is 6.54 Å². The van der Waals surface area contributed by atoms with Crippen molar-refractivity contribution in [3.8, 4) is 5.75 Å². The summed E-state index contributed by atoms with van der Waals surface area (Å²) >= 11 is 0. The maximum Gasteiger partial charge on any atom is 0.387 e. The first-order chi connectivity index (χ1) is 9.99. The summed E-state index contributed by atoms with van der Waals surface area (Å²) in [7, 11) is 0. The molecule has 0 radical (unpaired) electrons. The first-order valence-corrected chi connectivity index (χ1v) is 7.10. The molecule has 0 aromatic heterocycles. The smallest absolute Gasteiger partial charge is 0.387 e. The average molecular weight is 298 g/mol. The van der Waals surface area contributed by atoms with E-state index in [4.69, 9.17) is 5.73 Å². The van der Waals surface area contributed by atoms with Crippen LogP contribution in [0, 0.1) is 0 Å². The number of carbonyl (C=O) groups is 1. The number of benzene rings is 1. The van der Waals surface area contributed by atoms with Crippen molar-refractivity contribution in [2.24, 2.45) is 5.73 Å². The van der Waals surface area contributed by atoms with Crippen molar-refractivity contribution >= 4 is 5.91 Å². The SMILES string of the molecule is NC1(C(=O)NCc2ccc(OC(F)F)cc2)CCCCC1. The standard InChI is InChI=1S/C15H20F2N2O2/c16-14(17)21-12-6-4-11(5-7-12)10-19-13(20)15(18)8-2-1-3-9-15/h4-7,14H,1-3,8-10,18H2,(H,19,20). The molecule has 0 atom stereocenters. The van der Waals surface area contributed by atoms with Crippen molar-refractivity contribution < 1.29 is 18.3 Å². The van der Waals surface area contributed by atoms with Crippen LogP contribution in [0.15, 0.2) is 24.3 Å². The minimum Gasteiger partial charge on any atom is -0.435 e. The summed E-state index contributed by atoms with van der Waals surface area (Å²) in [5, 5.41) is 2.82. The van der Waals surface area contributed by atoms with E-state index in [0.29, 0.717) is 19.4 Å². The molecule has 1 aliphatic rings. The maximum atomic E-state index is 12.1. The quantitative estimate of drug-likeness (QED) is 0.878. The molecule has 1 saturated carbocycles. The molecule has 3 N–H and O–H groups in total. The molecule has 1 fully saturated rings. The monoisotopic (exact) mass is 298 g/mol. The van der Waals surface area contributed by atoms with Crippen LogP contribution in [-0.4, -0.2) is 18.1 Å². The third-order valence-corrected chi connectivity index (χ3v) is 3.80. The normalized spacial score (nSPS) is 17.5. The summed E-state index contributed by atoms with van der Waals surface area (Å²) in [4.78, 5) is 12.1. The Kier molecular flexibility index (Phi) is 5.12. The van der Waals surface area contributed by atoms with Crippen LogP contribution in [-0.2, 0) is 11.3 Å². The molecular formula is C15H20F2N2O2. The Morgan fingerprint density at radius 2 is 1.86 bits per heavy atom. The summed E-state index contributed by atoms with van der Waals surface area (Å²) in [6.45, 7) is -2.51. The number of rotatable bonds is 5. The first kappa shape index (κ1) is 15.7. The number of hydrogen-bond donors (Lipinski definition) is 2. The van der Waals surface area contributed by atoms with Gasteiger partial charge in [0.05, 0.1) is 5.54 Å². The fraction of sp³-hybridized carbons (Fsp3) is 0.533. The Bertz CT molecular complexity index is 471. The zero-order valence-corrected chi connectivity index (χ0v) is 11.8. The van der Waals surface area contributed by atoms with Crippen LogP contribution in [0.4, 0.5) is 8.78 Å². The second-order valence-electron chi connectivity index (χ2n) is 5.42. The molecule has 0 heterocycles. The van der Waals surface area contributed by atoms with E-state index in [9.17, 15) is 13.6 Å². The number of alkyl halides is 2. The molecule has 0 spiro atoms. The molecule has 2 rings (SSSR count). The van der Waals surface area contributed by atoms with Crippen molar-refractivity contribution in [1.29, 1.82) is 0 Å². The number of nitrogens with one attached hydrogen (secondary N) is 1. The molecule has 1 aromatic carbocycles. The van der Waals surface area contributed by atoms with E-state index in [2.05, 4.69) is 10.1 Å². The molecule has 1 aliphatic carbocycles. The fourth-order valence-corrected chi connectivity index (χ4v) is 2.56. The Hall–Kier alpha value is -1.69. The van der Waals surface area contributed by atoms with E-state index in [-0.39, 0.29) is 11.7 Å². The number of nitrogens with two attached hydrogens (primary N) is 1.